The maximum absolute atomic E-state index is 12.0. The van der Waals surface area contributed by atoms with Crippen molar-refractivity contribution in [3.05, 3.63) is 29.3 Å². The summed E-state index contributed by atoms with van der Waals surface area (Å²) in [4.78, 5) is 12.0. The molecule has 108 valence electrons. The number of ether oxygens (including phenoxy) is 1. The molecule has 3 heteroatoms. The van der Waals surface area contributed by atoms with E-state index in [2.05, 4.69) is 18.3 Å². The summed E-state index contributed by atoms with van der Waals surface area (Å²) < 4.78 is 6.08. The first-order chi connectivity index (χ1) is 9.74. The van der Waals surface area contributed by atoms with Gasteiger partial charge in [0.1, 0.15) is 5.75 Å². The van der Waals surface area contributed by atoms with E-state index in [-0.39, 0.29) is 11.9 Å². The van der Waals surface area contributed by atoms with Crippen molar-refractivity contribution in [2.24, 2.45) is 5.92 Å². The van der Waals surface area contributed by atoms with E-state index < -0.39 is 0 Å². The summed E-state index contributed by atoms with van der Waals surface area (Å²) in [5.74, 6) is 1.68. The number of carbonyl (C=O) groups excluding carboxylic acids is 1. The Morgan fingerprint density at radius 2 is 2.20 bits per heavy atom. The number of ketones is 1. The van der Waals surface area contributed by atoms with Crippen LogP contribution in [-0.4, -0.2) is 25.0 Å². The highest BCUT2D eigenvalue weighted by Crippen LogP contribution is 2.27. The molecule has 1 aliphatic carbocycles. The molecule has 1 aromatic rings. The van der Waals surface area contributed by atoms with Crippen molar-refractivity contribution in [1.82, 2.24) is 5.32 Å². The van der Waals surface area contributed by atoms with Crippen LogP contribution in [-0.2, 0) is 6.42 Å². The van der Waals surface area contributed by atoms with E-state index in [4.69, 9.17) is 4.74 Å². The molecule has 0 radical (unpaired) electrons. The Morgan fingerprint density at radius 3 is 3.00 bits per heavy atom. The van der Waals surface area contributed by atoms with Gasteiger partial charge in [-0.05, 0) is 56.8 Å². The zero-order valence-corrected chi connectivity index (χ0v) is 12.2. The lowest BCUT2D eigenvalue weighted by molar-refractivity contribution is 0.0970. The minimum absolute atomic E-state index is 0.194. The minimum atomic E-state index is 0.194. The van der Waals surface area contributed by atoms with Crippen LogP contribution < -0.4 is 10.1 Å². The van der Waals surface area contributed by atoms with E-state index in [1.165, 1.54) is 18.4 Å². The summed E-state index contributed by atoms with van der Waals surface area (Å²) in [6, 6.07) is 6.03. The molecule has 0 saturated carbocycles. The number of rotatable bonds is 3. The number of Topliss-reactive ketones (excluding diaryl/α,β-unsaturated/α-hetero) is 1. The minimum Gasteiger partial charge on any atom is -0.490 e. The first kappa shape index (κ1) is 13.6. The van der Waals surface area contributed by atoms with Gasteiger partial charge in [-0.25, -0.2) is 0 Å². The highest BCUT2D eigenvalue weighted by Gasteiger charge is 2.22. The van der Waals surface area contributed by atoms with Gasteiger partial charge in [-0.1, -0.05) is 6.07 Å². The topological polar surface area (TPSA) is 38.3 Å². The van der Waals surface area contributed by atoms with Gasteiger partial charge in [0, 0.05) is 24.4 Å². The monoisotopic (exact) mass is 273 g/mol. The van der Waals surface area contributed by atoms with Gasteiger partial charge in [0.15, 0.2) is 5.78 Å². The second kappa shape index (κ2) is 5.96. The van der Waals surface area contributed by atoms with Gasteiger partial charge in [-0.2, -0.15) is 0 Å². The zero-order chi connectivity index (χ0) is 13.9. The Hall–Kier alpha value is -1.35. The van der Waals surface area contributed by atoms with E-state index in [1.807, 2.05) is 12.1 Å². The lowest BCUT2D eigenvalue weighted by Gasteiger charge is -2.29. The van der Waals surface area contributed by atoms with Crippen molar-refractivity contribution in [3.8, 4) is 5.75 Å². The fraction of sp³-hybridized carbons (Fsp3) is 0.588. The lowest BCUT2D eigenvalue weighted by atomic mass is 9.90. The molecular weight excluding hydrogens is 250 g/mol. The number of hydrogen-bond acceptors (Lipinski definition) is 3. The van der Waals surface area contributed by atoms with Gasteiger partial charge in [-0.3, -0.25) is 4.79 Å². The molecule has 3 nitrogen and oxygen atoms in total. The molecule has 1 heterocycles. The quantitative estimate of drug-likeness (QED) is 0.920. The third kappa shape index (κ3) is 2.88. The molecule has 1 aliphatic heterocycles. The molecule has 0 bridgehead atoms. The largest absolute Gasteiger partial charge is 0.490 e. The molecule has 1 saturated heterocycles. The van der Waals surface area contributed by atoms with Crippen LogP contribution in [0.3, 0.4) is 0 Å². The molecule has 2 atom stereocenters. The van der Waals surface area contributed by atoms with E-state index in [1.54, 1.807) is 0 Å². The molecule has 0 aromatic heterocycles. The van der Waals surface area contributed by atoms with E-state index >= 15 is 0 Å². The molecular formula is C17H23NO2. The first-order valence-corrected chi connectivity index (χ1v) is 7.77. The molecule has 0 spiro atoms. The molecule has 3 rings (SSSR count). The van der Waals surface area contributed by atoms with Crippen molar-refractivity contribution in [2.45, 2.75) is 45.1 Å². The normalized spacial score (nSPS) is 24.1. The highest BCUT2D eigenvalue weighted by atomic mass is 16.5. The molecule has 1 aromatic carbocycles. The van der Waals surface area contributed by atoms with Crippen molar-refractivity contribution in [2.75, 3.05) is 13.1 Å². The number of piperidine rings is 1. The number of hydrogen-bond donors (Lipinski definition) is 1. The first-order valence-electron chi connectivity index (χ1n) is 7.77. The number of nitrogens with one attached hydrogen (secondary N) is 1. The number of aryl methyl sites for hydroxylation is 1. The summed E-state index contributed by atoms with van der Waals surface area (Å²) >= 11 is 0. The van der Waals surface area contributed by atoms with E-state index in [9.17, 15) is 4.79 Å². The van der Waals surface area contributed by atoms with Gasteiger partial charge < -0.3 is 10.1 Å². The molecule has 2 unspecified atom stereocenters. The van der Waals surface area contributed by atoms with E-state index in [0.29, 0.717) is 12.3 Å². The smallest absolute Gasteiger partial charge is 0.163 e. The summed E-state index contributed by atoms with van der Waals surface area (Å²) in [5.41, 5.74) is 2.06. The maximum Gasteiger partial charge on any atom is 0.163 e. The Bertz CT molecular complexity index is 492. The third-order valence-electron chi connectivity index (χ3n) is 4.55. The molecule has 0 amide bonds. The summed E-state index contributed by atoms with van der Waals surface area (Å²) in [6.45, 7) is 4.29. The van der Waals surface area contributed by atoms with Gasteiger partial charge in [0.2, 0.25) is 0 Å². The average molecular weight is 273 g/mol. The summed E-state index contributed by atoms with van der Waals surface area (Å²) in [6.07, 6.45) is 5.32. The number of benzene rings is 1. The van der Waals surface area contributed by atoms with Crippen molar-refractivity contribution >= 4 is 5.78 Å². The maximum atomic E-state index is 12.0. The Morgan fingerprint density at radius 1 is 1.30 bits per heavy atom. The third-order valence-corrected chi connectivity index (χ3v) is 4.55. The van der Waals surface area contributed by atoms with Gasteiger partial charge >= 0.3 is 0 Å². The fourth-order valence-electron chi connectivity index (χ4n) is 3.27. The Kier molecular flexibility index (Phi) is 4.06. The van der Waals surface area contributed by atoms with Gasteiger partial charge in [0.05, 0.1) is 6.10 Å². The second-order valence-corrected chi connectivity index (χ2v) is 6.03. The summed E-state index contributed by atoms with van der Waals surface area (Å²) in [5, 5.41) is 3.42. The number of carbonyl (C=O) groups is 1. The van der Waals surface area contributed by atoms with Crippen LogP contribution in [0.25, 0.3) is 0 Å². The molecule has 1 fully saturated rings. The van der Waals surface area contributed by atoms with Gasteiger partial charge in [-0.15, -0.1) is 0 Å². The fourth-order valence-corrected chi connectivity index (χ4v) is 3.27. The molecule has 1 N–H and O–H groups in total. The standard InChI is InChI=1S/C17H23NO2/c1-12(14-5-3-9-18-11-14)20-15-8-7-13-4-2-6-17(19)16(13)10-15/h7-8,10,12,14,18H,2-6,9,11H2,1H3. The van der Waals surface area contributed by atoms with Crippen molar-refractivity contribution in [3.63, 3.8) is 0 Å². The number of fused-ring (bicyclic) bond motifs is 1. The average Bonchev–Trinajstić information content (AvgIpc) is 2.49. The second-order valence-electron chi connectivity index (χ2n) is 6.03. The van der Waals surface area contributed by atoms with Crippen LogP contribution in [0.1, 0.15) is 48.5 Å². The van der Waals surface area contributed by atoms with Crippen LogP contribution in [0.15, 0.2) is 18.2 Å². The Labute approximate surface area is 120 Å². The van der Waals surface area contributed by atoms with Crippen molar-refractivity contribution in [1.29, 1.82) is 0 Å². The Balaban J connectivity index is 1.71. The van der Waals surface area contributed by atoms with Crippen LogP contribution >= 0.6 is 0 Å². The predicted molar refractivity (Wildman–Crippen MR) is 79.4 cm³/mol. The summed E-state index contributed by atoms with van der Waals surface area (Å²) in [7, 11) is 0. The van der Waals surface area contributed by atoms with Crippen LogP contribution in [0.5, 0.6) is 5.75 Å². The SMILES string of the molecule is CC(Oc1ccc2c(c1)C(=O)CCC2)C1CCCNC1. The lowest BCUT2D eigenvalue weighted by Crippen LogP contribution is -2.37. The molecule has 2 aliphatic rings. The van der Waals surface area contributed by atoms with Crippen LogP contribution in [0.4, 0.5) is 0 Å². The zero-order valence-electron chi connectivity index (χ0n) is 12.2. The van der Waals surface area contributed by atoms with E-state index in [0.717, 1.165) is 37.2 Å². The van der Waals surface area contributed by atoms with Gasteiger partial charge in [0.25, 0.3) is 0 Å². The van der Waals surface area contributed by atoms with Crippen molar-refractivity contribution < 1.29 is 9.53 Å². The van der Waals surface area contributed by atoms with Crippen LogP contribution in [0, 0.1) is 5.92 Å². The molecule has 20 heavy (non-hydrogen) atoms. The highest BCUT2D eigenvalue weighted by molar-refractivity contribution is 5.98. The van der Waals surface area contributed by atoms with Crippen LogP contribution in [0.2, 0.25) is 0 Å². The predicted octanol–water partition coefficient (Wildman–Crippen LogP) is 2.97.